The van der Waals surface area contributed by atoms with Crippen LogP contribution < -0.4 is 5.32 Å². The van der Waals surface area contributed by atoms with Crippen LogP contribution in [-0.4, -0.2) is 32.1 Å². The molecule has 0 unspecified atom stereocenters. The molecular formula is C20H19NO5. The van der Waals surface area contributed by atoms with Crippen LogP contribution in [0.1, 0.15) is 38.6 Å². The van der Waals surface area contributed by atoms with Gasteiger partial charge in [0, 0.05) is 5.92 Å². The molecule has 26 heavy (non-hydrogen) atoms. The van der Waals surface area contributed by atoms with E-state index >= 15 is 0 Å². The molecule has 0 radical (unpaired) electrons. The Morgan fingerprint density at radius 1 is 0.962 bits per heavy atom. The van der Waals surface area contributed by atoms with E-state index in [1.54, 1.807) is 0 Å². The molecule has 1 aliphatic rings. The lowest BCUT2D eigenvalue weighted by Crippen LogP contribution is -2.18. The summed E-state index contributed by atoms with van der Waals surface area (Å²) in [4.78, 5) is 36.3. The number of anilines is 1. The lowest BCUT2D eigenvalue weighted by molar-refractivity contribution is -0.117. The second-order valence-electron chi connectivity index (χ2n) is 6.09. The van der Waals surface area contributed by atoms with Crippen LogP contribution in [0.3, 0.4) is 0 Å². The number of hydrogen-bond donors (Lipinski definition) is 1. The highest BCUT2D eigenvalue weighted by atomic mass is 16.5. The van der Waals surface area contributed by atoms with Gasteiger partial charge in [-0.25, -0.2) is 9.59 Å². The first-order chi connectivity index (χ1) is 12.5. The maximum atomic E-state index is 12.6. The van der Waals surface area contributed by atoms with Crippen LogP contribution in [-0.2, 0) is 14.3 Å². The Bertz CT molecular complexity index is 847. The van der Waals surface area contributed by atoms with Gasteiger partial charge in [-0.1, -0.05) is 30.3 Å². The fourth-order valence-corrected chi connectivity index (χ4v) is 2.96. The molecule has 1 N–H and O–H groups in total. The molecule has 1 aliphatic carbocycles. The number of hydrogen-bond acceptors (Lipinski definition) is 5. The Morgan fingerprint density at radius 3 is 2.31 bits per heavy atom. The average molecular weight is 353 g/mol. The lowest BCUT2D eigenvalue weighted by Gasteiger charge is -2.11. The molecular weight excluding hydrogens is 334 g/mol. The summed E-state index contributed by atoms with van der Waals surface area (Å²) in [6, 6.07) is 14.1. The van der Waals surface area contributed by atoms with Crippen LogP contribution in [0.4, 0.5) is 5.69 Å². The van der Waals surface area contributed by atoms with E-state index in [1.165, 1.54) is 32.4 Å². The van der Waals surface area contributed by atoms with Gasteiger partial charge in [0.1, 0.15) is 0 Å². The Kier molecular flexibility index (Phi) is 5.02. The zero-order chi connectivity index (χ0) is 18.7. The van der Waals surface area contributed by atoms with Crippen molar-refractivity contribution in [2.24, 2.45) is 5.92 Å². The molecule has 3 rings (SSSR count). The number of ether oxygens (including phenoxy) is 2. The van der Waals surface area contributed by atoms with Crippen LogP contribution in [0, 0.1) is 5.92 Å². The number of rotatable bonds is 5. The molecule has 0 aromatic heterocycles. The van der Waals surface area contributed by atoms with E-state index < -0.39 is 11.9 Å². The number of amides is 1. The van der Waals surface area contributed by atoms with Crippen molar-refractivity contribution in [3.63, 3.8) is 0 Å². The zero-order valence-corrected chi connectivity index (χ0v) is 14.5. The molecule has 6 nitrogen and oxygen atoms in total. The molecule has 2 aromatic carbocycles. The van der Waals surface area contributed by atoms with Gasteiger partial charge >= 0.3 is 11.9 Å². The fourth-order valence-electron chi connectivity index (χ4n) is 2.96. The number of esters is 2. The first kappa shape index (κ1) is 17.7. The molecule has 1 amide bonds. The van der Waals surface area contributed by atoms with Gasteiger partial charge in [0.25, 0.3) is 0 Å². The van der Waals surface area contributed by atoms with E-state index in [-0.39, 0.29) is 34.6 Å². The van der Waals surface area contributed by atoms with Crippen molar-refractivity contribution >= 4 is 23.5 Å². The standard InChI is InChI=1S/C20H19NO5/c1-25-19(23)13-8-9-14(20(24)26-2)17(10-13)21-18(22)16-11-15(16)12-6-4-3-5-7-12/h3-10,15-16H,11H2,1-2H3,(H,21,22)/t15-,16+/m1/s1. The number of carbonyl (C=O) groups is 3. The lowest BCUT2D eigenvalue weighted by atomic mass is 10.1. The van der Waals surface area contributed by atoms with Crippen LogP contribution in [0.25, 0.3) is 0 Å². The SMILES string of the molecule is COC(=O)c1ccc(C(=O)OC)c(NC(=O)[C@H]2C[C@@H]2c2ccccc2)c1. The van der Waals surface area contributed by atoms with Crippen molar-refractivity contribution < 1.29 is 23.9 Å². The molecule has 134 valence electrons. The van der Waals surface area contributed by atoms with Gasteiger partial charge in [0.15, 0.2) is 0 Å². The van der Waals surface area contributed by atoms with Gasteiger partial charge in [0.05, 0.1) is 31.0 Å². The monoisotopic (exact) mass is 353 g/mol. The second-order valence-corrected chi connectivity index (χ2v) is 6.09. The quantitative estimate of drug-likeness (QED) is 0.836. The summed E-state index contributed by atoms with van der Waals surface area (Å²) in [6.45, 7) is 0. The zero-order valence-electron chi connectivity index (χ0n) is 14.5. The van der Waals surface area contributed by atoms with E-state index in [0.29, 0.717) is 0 Å². The fraction of sp³-hybridized carbons (Fsp3) is 0.250. The van der Waals surface area contributed by atoms with Crippen LogP contribution in [0.2, 0.25) is 0 Å². The van der Waals surface area contributed by atoms with Crippen molar-refractivity contribution in [2.45, 2.75) is 12.3 Å². The van der Waals surface area contributed by atoms with Crippen molar-refractivity contribution in [3.8, 4) is 0 Å². The smallest absolute Gasteiger partial charge is 0.339 e. The molecule has 0 spiro atoms. The van der Waals surface area contributed by atoms with E-state index in [2.05, 4.69) is 10.1 Å². The maximum Gasteiger partial charge on any atom is 0.339 e. The van der Waals surface area contributed by atoms with Crippen molar-refractivity contribution in [1.29, 1.82) is 0 Å². The van der Waals surface area contributed by atoms with E-state index in [4.69, 9.17) is 4.74 Å². The molecule has 1 fully saturated rings. The number of nitrogens with one attached hydrogen (secondary N) is 1. The Hall–Kier alpha value is -3.15. The van der Waals surface area contributed by atoms with Crippen molar-refractivity contribution in [2.75, 3.05) is 19.5 Å². The summed E-state index contributed by atoms with van der Waals surface area (Å²) in [5.74, 6) is -1.32. The Morgan fingerprint density at radius 2 is 1.65 bits per heavy atom. The largest absolute Gasteiger partial charge is 0.465 e. The minimum Gasteiger partial charge on any atom is -0.465 e. The van der Waals surface area contributed by atoms with Gasteiger partial charge in [-0.3, -0.25) is 4.79 Å². The molecule has 2 aromatic rings. The van der Waals surface area contributed by atoms with Gasteiger partial charge in [-0.2, -0.15) is 0 Å². The maximum absolute atomic E-state index is 12.6. The molecule has 1 saturated carbocycles. The van der Waals surface area contributed by atoms with Gasteiger partial charge < -0.3 is 14.8 Å². The van der Waals surface area contributed by atoms with Crippen LogP contribution in [0.15, 0.2) is 48.5 Å². The van der Waals surface area contributed by atoms with Crippen LogP contribution in [0.5, 0.6) is 0 Å². The first-order valence-corrected chi connectivity index (χ1v) is 8.21. The van der Waals surface area contributed by atoms with E-state index in [0.717, 1.165) is 12.0 Å². The van der Waals surface area contributed by atoms with E-state index in [9.17, 15) is 14.4 Å². The number of methoxy groups -OCH3 is 2. The van der Waals surface area contributed by atoms with E-state index in [1.807, 2.05) is 30.3 Å². The van der Waals surface area contributed by atoms with Gasteiger partial charge in [-0.15, -0.1) is 0 Å². The molecule has 6 heteroatoms. The summed E-state index contributed by atoms with van der Waals surface area (Å²) in [7, 11) is 2.53. The third kappa shape index (κ3) is 3.59. The van der Waals surface area contributed by atoms with Gasteiger partial charge in [0.2, 0.25) is 5.91 Å². The van der Waals surface area contributed by atoms with Gasteiger partial charge in [-0.05, 0) is 36.1 Å². The predicted molar refractivity (Wildman–Crippen MR) is 95.0 cm³/mol. The molecule has 0 bridgehead atoms. The minimum absolute atomic E-state index is 0.162. The average Bonchev–Trinajstić information content (AvgIpc) is 3.48. The van der Waals surface area contributed by atoms with Crippen molar-refractivity contribution in [1.82, 2.24) is 0 Å². The van der Waals surface area contributed by atoms with Crippen molar-refractivity contribution in [3.05, 3.63) is 65.2 Å². The summed E-state index contributed by atoms with van der Waals surface area (Å²) < 4.78 is 9.44. The molecule has 2 atom stereocenters. The summed E-state index contributed by atoms with van der Waals surface area (Å²) >= 11 is 0. The number of carbonyl (C=O) groups excluding carboxylic acids is 3. The summed E-state index contributed by atoms with van der Waals surface area (Å²) in [6.07, 6.45) is 0.750. The predicted octanol–water partition coefficient (Wildman–Crippen LogP) is 3.00. The minimum atomic E-state index is -0.591. The number of benzene rings is 2. The third-order valence-electron chi connectivity index (χ3n) is 4.46. The normalized spacial score (nSPS) is 17.9. The molecule has 0 aliphatic heterocycles. The summed E-state index contributed by atoms with van der Waals surface area (Å²) in [5, 5.41) is 2.76. The molecule has 0 saturated heterocycles. The highest BCUT2D eigenvalue weighted by molar-refractivity contribution is 6.04. The second kappa shape index (κ2) is 7.39. The topological polar surface area (TPSA) is 81.7 Å². The third-order valence-corrected chi connectivity index (χ3v) is 4.46. The van der Waals surface area contributed by atoms with Crippen LogP contribution >= 0.6 is 0 Å². The highest BCUT2D eigenvalue weighted by Gasteiger charge is 2.44. The highest BCUT2D eigenvalue weighted by Crippen LogP contribution is 2.48. The Labute approximate surface area is 151 Å². The summed E-state index contributed by atoms with van der Waals surface area (Å²) in [5.41, 5.74) is 1.78. The Balaban J connectivity index is 1.80. The molecule has 0 heterocycles. The first-order valence-electron chi connectivity index (χ1n) is 8.21.